The van der Waals surface area contributed by atoms with Crippen molar-refractivity contribution in [1.82, 2.24) is 9.78 Å². The molecule has 154 valence electrons. The Kier molecular flexibility index (Phi) is 5.09. The standard InChI is InChI=1S/C21H19FN4O4/c1-29-17-8-7-12(9-18(17)30-2)15-10-19-24-20(27)11-16(26(19)25-15)21(28)23-14-6-4-3-5-13(14)22/h3-10,16H,11H2,1-2H3,(H,23,28)(H,24,27)/t16-/m0/s1. The number of rotatable bonds is 5. The van der Waals surface area contributed by atoms with Gasteiger partial charge < -0.3 is 20.1 Å². The molecule has 0 spiro atoms. The van der Waals surface area contributed by atoms with Crippen LogP contribution in [0.25, 0.3) is 11.3 Å². The number of carbonyl (C=O) groups excluding carboxylic acids is 2. The molecular weight excluding hydrogens is 391 g/mol. The van der Waals surface area contributed by atoms with Gasteiger partial charge in [0.2, 0.25) is 11.8 Å². The smallest absolute Gasteiger partial charge is 0.249 e. The fraction of sp³-hybridized carbons (Fsp3) is 0.190. The van der Waals surface area contributed by atoms with Crippen LogP contribution in [0.5, 0.6) is 11.5 Å². The van der Waals surface area contributed by atoms with E-state index in [1.165, 1.54) is 30.0 Å². The second kappa shape index (κ2) is 7.86. The summed E-state index contributed by atoms with van der Waals surface area (Å²) in [5.41, 5.74) is 1.30. The van der Waals surface area contributed by atoms with E-state index < -0.39 is 17.8 Å². The van der Waals surface area contributed by atoms with E-state index in [9.17, 15) is 14.0 Å². The molecule has 0 bridgehead atoms. The van der Waals surface area contributed by atoms with Crippen LogP contribution < -0.4 is 20.1 Å². The van der Waals surface area contributed by atoms with Crippen LogP contribution in [0, 0.1) is 5.82 Å². The molecule has 1 aliphatic rings. The Bertz CT molecular complexity index is 1130. The Morgan fingerprint density at radius 3 is 2.67 bits per heavy atom. The van der Waals surface area contributed by atoms with Crippen molar-refractivity contribution >= 4 is 23.3 Å². The van der Waals surface area contributed by atoms with Gasteiger partial charge in [0.1, 0.15) is 17.7 Å². The van der Waals surface area contributed by atoms with Crippen molar-refractivity contribution in [2.24, 2.45) is 0 Å². The van der Waals surface area contributed by atoms with E-state index in [0.29, 0.717) is 23.0 Å². The monoisotopic (exact) mass is 410 g/mol. The van der Waals surface area contributed by atoms with Gasteiger partial charge in [-0.05, 0) is 30.3 Å². The molecule has 8 nitrogen and oxygen atoms in total. The Labute approximate surface area is 171 Å². The van der Waals surface area contributed by atoms with Crippen LogP contribution >= 0.6 is 0 Å². The van der Waals surface area contributed by atoms with Gasteiger partial charge in [-0.2, -0.15) is 5.10 Å². The van der Waals surface area contributed by atoms with Crippen LogP contribution in [0.3, 0.4) is 0 Å². The minimum atomic E-state index is -0.915. The predicted molar refractivity (Wildman–Crippen MR) is 108 cm³/mol. The zero-order valence-corrected chi connectivity index (χ0v) is 16.3. The van der Waals surface area contributed by atoms with Crippen LogP contribution in [0.2, 0.25) is 0 Å². The maximum atomic E-state index is 13.9. The molecule has 4 rings (SSSR count). The lowest BCUT2D eigenvalue weighted by molar-refractivity contribution is -0.125. The summed E-state index contributed by atoms with van der Waals surface area (Å²) in [5, 5.41) is 9.75. The summed E-state index contributed by atoms with van der Waals surface area (Å²) in [6, 6.07) is 11.9. The van der Waals surface area contributed by atoms with E-state index in [4.69, 9.17) is 9.47 Å². The lowest BCUT2D eigenvalue weighted by Gasteiger charge is -2.23. The second-order valence-electron chi connectivity index (χ2n) is 6.67. The Hall–Kier alpha value is -3.88. The van der Waals surface area contributed by atoms with E-state index in [0.717, 1.165) is 5.56 Å². The van der Waals surface area contributed by atoms with Gasteiger partial charge in [-0.1, -0.05) is 12.1 Å². The highest BCUT2D eigenvalue weighted by Crippen LogP contribution is 2.35. The molecule has 30 heavy (non-hydrogen) atoms. The number of nitrogens with one attached hydrogen (secondary N) is 2. The Morgan fingerprint density at radius 2 is 1.93 bits per heavy atom. The van der Waals surface area contributed by atoms with Gasteiger partial charge in [0.25, 0.3) is 0 Å². The summed E-state index contributed by atoms with van der Waals surface area (Å²) in [6.07, 6.45) is -0.111. The number of aromatic nitrogens is 2. The van der Waals surface area contributed by atoms with Crippen molar-refractivity contribution in [3.05, 3.63) is 54.3 Å². The van der Waals surface area contributed by atoms with Crippen molar-refractivity contribution in [3.63, 3.8) is 0 Å². The second-order valence-corrected chi connectivity index (χ2v) is 6.67. The highest BCUT2D eigenvalue weighted by atomic mass is 19.1. The molecule has 0 saturated heterocycles. The highest BCUT2D eigenvalue weighted by molar-refractivity contribution is 6.01. The summed E-state index contributed by atoms with van der Waals surface area (Å²) in [4.78, 5) is 24.9. The maximum Gasteiger partial charge on any atom is 0.249 e. The first-order chi connectivity index (χ1) is 14.5. The number of anilines is 2. The molecule has 0 aliphatic carbocycles. The predicted octanol–water partition coefficient (Wildman–Crippen LogP) is 3.23. The number of methoxy groups -OCH3 is 2. The normalized spacial score (nSPS) is 15.2. The molecule has 9 heteroatoms. The van der Waals surface area contributed by atoms with Crippen molar-refractivity contribution in [2.75, 3.05) is 24.9 Å². The lowest BCUT2D eigenvalue weighted by atomic mass is 10.1. The molecule has 2 amide bonds. The number of fused-ring (bicyclic) bond motifs is 1. The number of carbonyl (C=O) groups is 2. The zero-order valence-electron chi connectivity index (χ0n) is 16.3. The van der Waals surface area contributed by atoms with E-state index in [-0.39, 0.29) is 18.0 Å². The number of para-hydroxylation sites is 1. The minimum absolute atomic E-state index is 0.0438. The Morgan fingerprint density at radius 1 is 1.17 bits per heavy atom. The summed E-state index contributed by atoms with van der Waals surface area (Å²) < 4.78 is 25.9. The van der Waals surface area contributed by atoms with E-state index >= 15 is 0 Å². The summed E-state index contributed by atoms with van der Waals surface area (Å²) in [5.74, 6) is 0.0650. The molecule has 0 radical (unpaired) electrons. The van der Waals surface area contributed by atoms with Crippen molar-refractivity contribution in [1.29, 1.82) is 0 Å². The molecule has 1 aromatic heterocycles. The molecule has 0 fully saturated rings. The van der Waals surface area contributed by atoms with Crippen molar-refractivity contribution in [2.45, 2.75) is 12.5 Å². The van der Waals surface area contributed by atoms with E-state index in [2.05, 4.69) is 15.7 Å². The van der Waals surface area contributed by atoms with Gasteiger partial charge >= 0.3 is 0 Å². The Balaban J connectivity index is 1.67. The van der Waals surface area contributed by atoms with Gasteiger partial charge in [-0.25, -0.2) is 9.07 Å². The fourth-order valence-electron chi connectivity index (χ4n) is 3.30. The molecule has 2 heterocycles. The third kappa shape index (κ3) is 3.57. The van der Waals surface area contributed by atoms with Gasteiger partial charge in [-0.15, -0.1) is 0 Å². The van der Waals surface area contributed by atoms with Crippen molar-refractivity contribution < 1.29 is 23.5 Å². The van der Waals surface area contributed by atoms with Gasteiger partial charge in [0.05, 0.1) is 32.0 Å². The van der Waals surface area contributed by atoms with Gasteiger partial charge in [-0.3, -0.25) is 9.59 Å². The molecule has 1 aliphatic heterocycles. The number of hydrogen-bond acceptors (Lipinski definition) is 5. The lowest BCUT2D eigenvalue weighted by Crippen LogP contribution is -2.35. The minimum Gasteiger partial charge on any atom is -0.493 e. The third-order valence-electron chi connectivity index (χ3n) is 4.79. The number of nitrogens with zero attached hydrogens (tertiary/aromatic N) is 2. The molecule has 1 atom stereocenters. The highest BCUT2D eigenvalue weighted by Gasteiger charge is 2.32. The molecular formula is C21H19FN4O4. The van der Waals surface area contributed by atoms with Crippen LogP contribution in [0.1, 0.15) is 12.5 Å². The van der Waals surface area contributed by atoms with Crippen LogP contribution in [0.15, 0.2) is 48.5 Å². The number of amides is 2. The molecule has 0 saturated carbocycles. The molecule has 2 N–H and O–H groups in total. The number of hydrogen-bond donors (Lipinski definition) is 2. The number of halogens is 1. The maximum absolute atomic E-state index is 13.9. The number of benzene rings is 2. The quantitative estimate of drug-likeness (QED) is 0.674. The summed E-state index contributed by atoms with van der Waals surface area (Å²) >= 11 is 0. The zero-order chi connectivity index (χ0) is 21.3. The largest absolute Gasteiger partial charge is 0.493 e. The fourth-order valence-corrected chi connectivity index (χ4v) is 3.30. The van der Waals surface area contributed by atoms with Crippen LogP contribution in [-0.2, 0) is 9.59 Å². The summed E-state index contributed by atoms with van der Waals surface area (Å²) in [7, 11) is 3.07. The molecule has 2 aromatic carbocycles. The van der Waals surface area contributed by atoms with Crippen LogP contribution in [-0.4, -0.2) is 35.8 Å². The van der Waals surface area contributed by atoms with Gasteiger partial charge in [0, 0.05) is 11.6 Å². The molecule has 0 unspecified atom stereocenters. The first-order valence-corrected chi connectivity index (χ1v) is 9.17. The average molecular weight is 410 g/mol. The SMILES string of the molecule is COc1ccc(-c2cc3n(n2)[C@H](C(=O)Nc2ccccc2F)CC(=O)N3)cc1OC. The van der Waals surface area contributed by atoms with E-state index in [1.54, 1.807) is 37.4 Å². The first kappa shape index (κ1) is 19.4. The van der Waals surface area contributed by atoms with Gasteiger partial charge in [0.15, 0.2) is 11.5 Å². The first-order valence-electron chi connectivity index (χ1n) is 9.17. The number of ether oxygens (including phenoxy) is 2. The van der Waals surface area contributed by atoms with E-state index in [1.807, 2.05) is 0 Å². The summed E-state index contributed by atoms with van der Waals surface area (Å²) in [6.45, 7) is 0. The average Bonchev–Trinajstić information content (AvgIpc) is 3.18. The third-order valence-corrected chi connectivity index (χ3v) is 4.79. The van der Waals surface area contributed by atoms with Crippen LogP contribution in [0.4, 0.5) is 15.9 Å². The topological polar surface area (TPSA) is 94.5 Å². The van der Waals surface area contributed by atoms with Crippen molar-refractivity contribution in [3.8, 4) is 22.8 Å². The molecule has 3 aromatic rings.